The summed E-state index contributed by atoms with van der Waals surface area (Å²) in [5, 5.41) is 22.3. The summed E-state index contributed by atoms with van der Waals surface area (Å²) in [5.41, 5.74) is 1.50. The van der Waals surface area contributed by atoms with E-state index in [0.29, 0.717) is 16.7 Å². The summed E-state index contributed by atoms with van der Waals surface area (Å²) in [7, 11) is 1.80. The third kappa shape index (κ3) is 5.58. The van der Waals surface area contributed by atoms with Gasteiger partial charge in [0.1, 0.15) is 12.4 Å². The van der Waals surface area contributed by atoms with Gasteiger partial charge in [-0.15, -0.1) is 10.2 Å². The van der Waals surface area contributed by atoms with Crippen LogP contribution in [0, 0.1) is 6.92 Å². The Morgan fingerprint density at radius 3 is 2.72 bits per heavy atom. The largest absolute Gasteiger partial charge is 0.545 e. The Hall–Kier alpha value is -3.33. The molecule has 150 valence electrons. The molecule has 0 radical (unpaired) electrons. The van der Waals surface area contributed by atoms with E-state index in [1.54, 1.807) is 17.7 Å². The van der Waals surface area contributed by atoms with Gasteiger partial charge in [-0.25, -0.2) is 0 Å². The number of aromatic carboxylic acids is 1. The standard InChI is InChI=1S/C20H20N4O4S/c1-13-5-3-8-16(9-13)28-11-17-22-23-20(24(17)2)29-12-18(25)21-15-7-4-6-14(10-15)19(26)27/h3-10H,11-12H2,1-2H3,(H,21,25)(H,26,27)/p-1. The highest BCUT2D eigenvalue weighted by atomic mass is 32.2. The van der Waals surface area contributed by atoms with Crippen LogP contribution in [0.1, 0.15) is 21.7 Å². The molecule has 3 aromatic rings. The van der Waals surface area contributed by atoms with E-state index in [9.17, 15) is 14.7 Å². The molecule has 1 heterocycles. The number of rotatable bonds is 8. The normalized spacial score (nSPS) is 10.6. The summed E-state index contributed by atoms with van der Waals surface area (Å²) < 4.78 is 7.51. The number of ether oxygens (including phenoxy) is 1. The van der Waals surface area contributed by atoms with Gasteiger partial charge in [-0.1, -0.05) is 36.0 Å². The van der Waals surface area contributed by atoms with E-state index in [0.717, 1.165) is 11.3 Å². The van der Waals surface area contributed by atoms with Crippen molar-refractivity contribution in [1.29, 1.82) is 0 Å². The zero-order chi connectivity index (χ0) is 20.8. The summed E-state index contributed by atoms with van der Waals surface area (Å²) in [5.74, 6) is -0.0993. The minimum Gasteiger partial charge on any atom is -0.545 e. The second kappa shape index (κ2) is 9.24. The van der Waals surface area contributed by atoms with Crippen molar-refractivity contribution in [3.8, 4) is 5.75 Å². The monoisotopic (exact) mass is 411 g/mol. The van der Waals surface area contributed by atoms with E-state index in [-0.39, 0.29) is 23.8 Å². The molecule has 1 aromatic heterocycles. The van der Waals surface area contributed by atoms with Gasteiger partial charge in [0.2, 0.25) is 5.91 Å². The van der Waals surface area contributed by atoms with Crippen molar-refractivity contribution in [2.24, 2.45) is 7.05 Å². The molecule has 0 aliphatic carbocycles. The molecular formula is C20H19N4O4S-. The number of hydrogen-bond acceptors (Lipinski definition) is 7. The molecule has 1 amide bonds. The van der Waals surface area contributed by atoms with Gasteiger partial charge >= 0.3 is 0 Å². The van der Waals surface area contributed by atoms with Gasteiger partial charge in [0.25, 0.3) is 0 Å². The molecule has 1 N–H and O–H groups in total. The van der Waals surface area contributed by atoms with Gasteiger partial charge in [-0.05, 0) is 42.3 Å². The van der Waals surface area contributed by atoms with Crippen molar-refractivity contribution in [2.75, 3.05) is 11.1 Å². The summed E-state index contributed by atoms with van der Waals surface area (Å²) in [4.78, 5) is 23.0. The minimum atomic E-state index is -1.30. The van der Waals surface area contributed by atoms with Crippen LogP contribution >= 0.6 is 11.8 Å². The summed E-state index contributed by atoms with van der Waals surface area (Å²) in [6.07, 6.45) is 0. The molecular weight excluding hydrogens is 392 g/mol. The van der Waals surface area contributed by atoms with Crippen LogP contribution < -0.4 is 15.2 Å². The number of thioether (sulfide) groups is 1. The number of amides is 1. The molecule has 2 aromatic carbocycles. The van der Waals surface area contributed by atoms with Crippen LogP contribution in [0.3, 0.4) is 0 Å². The first kappa shape index (κ1) is 20.4. The lowest BCUT2D eigenvalue weighted by molar-refractivity contribution is -0.255. The Morgan fingerprint density at radius 1 is 1.17 bits per heavy atom. The third-order valence-corrected chi connectivity index (χ3v) is 5.02. The van der Waals surface area contributed by atoms with Crippen molar-refractivity contribution >= 4 is 29.3 Å². The molecule has 0 saturated carbocycles. The maximum absolute atomic E-state index is 12.2. The van der Waals surface area contributed by atoms with Crippen molar-refractivity contribution in [3.63, 3.8) is 0 Å². The fourth-order valence-corrected chi connectivity index (χ4v) is 3.23. The Labute approximate surface area is 171 Å². The van der Waals surface area contributed by atoms with Crippen LogP contribution in [-0.2, 0) is 18.4 Å². The zero-order valence-electron chi connectivity index (χ0n) is 15.9. The molecule has 0 bridgehead atoms. The van der Waals surface area contributed by atoms with E-state index in [2.05, 4.69) is 15.5 Å². The molecule has 0 spiro atoms. The Bertz CT molecular complexity index is 1030. The lowest BCUT2D eigenvalue weighted by Crippen LogP contribution is -2.22. The number of nitrogens with zero attached hydrogens (tertiary/aromatic N) is 3. The number of nitrogens with one attached hydrogen (secondary N) is 1. The predicted molar refractivity (Wildman–Crippen MR) is 107 cm³/mol. The molecule has 0 atom stereocenters. The number of anilines is 1. The number of carboxylic acid groups (broad SMARTS) is 1. The first-order valence-electron chi connectivity index (χ1n) is 8.74. The average molecular weight is 411 g/mol. The molecule has 29 heavy (non-hydrogen) atoms. The number of hydrogen-bond donors (Lipinski definition) is 1. The van der Waals surface area contributed by atoms with E-state index in [1.807, 2.05) is 31.2 Å². The molecule has 0 saturated heterocycles. The molecule has 0 aliphatic rings. The van der Waals surface area contributed by atoms with Crippen LogP contribution in [0.5, 0.6) is 5.75 Å². The van der Waals surface area contributed by atoms with Gasteiger partial charge in [0.15, 0.2) is 11.0 Å². The number of aryl methyl sites for hydroxylation is 1. The highest BCUT2D eigenvalue weighted by Gasteiger charge is 2.12. The number of benzene rings is 2. The maximum Gasteiger partial charge on any atom is 0.234 e. The van der Waals surface area contributed by atoms with E-state index >= 15 is 0 Å². The average Bonchev–Trinajstić information content (AvgIpc) is 3.04. The Kier molecular flexibility index (Phi) is 6.50. The number of aromatic nitrogens is 3. The molecule has 8 nitrogen and oxygen atoms in total. The lowest BCUT2D eigenvalue weighted by Gasteiger charge is -2.08. The second-order valence-electron chi connectivity index (χ2n) is 6.27. The minimum absolute atomic E-state index is 0.00186. The van der Waals surface area contributed by atoms with Crippen LogP contribution in [0.15, 0.2) is 53.7 Å². The van der Waals surface area contributed by atoms with E-state index in [1.165, 1.54) is 30.0 Å². The smallest absolute Gasteiger partial charge is 0.234 e. The van der Waals surface area contributed by atoms with Gasteiger partial charge < -0.3 is 24.5 Å². The van der Waals surface area contributed by atoms with Crippen molar-refractivity contribution in [1.82, 2.24) is 14.8 Å². The zero-order valence-corrected chi connectivity index (χ0v) is 16.7. The quantitative estimate of drug-likeness (QED) is 0.563. The van der Waals surface area contributed by atoms with Gasteiger partial charge in [0.05, 0.1) is 11.7 Å². The SMILES string of the molecule is Cc1cccc(OCc2nnc(SCC(=O)Nc3cccc(C(=O)[O-])c3)n2C)c1. The fraction of sp³-hybridized carbons (Fsp3) is 0.200. The highest BCUT2D eigenvalue weighted by molar-refractivity contribution is 7.99. The number of carbonyl (C=O) groups excluding carboxylic acids is 2. The first-order valence-corrected chi connectivity index (χ1v) is 9.73. The molecule has 3 rings (SSSR count). The van der Waals surface area contributed by atoms with Gasteiger partial charge in [-0.3, -0.25) is 4.79 Å². The van der Waals surface area contributed by atoms with E-state index in [4.69, 9.17) is 4.74 Å². The van der Waals surface area contributed by atoms with Crippen LogP contribution in [0.25, 0.3) is 0 Å². The Balaban J connectivity index is 1.54. The van der Waals surface area contributed by atoms with Crippen molar-refractivity contribution in [3.05, 3.63) is 65.5 Å². The van der Waals surface area contributed by atoms with Gasteiger partial charge in [-0.2, -0.15) is 0 Å². The van der Waals surface area contributed by atoms with Crippen molar-refractivity contribution in [2.45, 2.75) is 18.7 Å². The summed E-state index contributed by atoms with van der Waals surface area (Å²) in [6, 6.07) is 13.6. The molecule has 0 fully saturated rings. The van der Waals surface area contributed by atoms with Crippen molar-refractivity contribution < 1.29 is 19.4 Å². The van der Waals surface area contributed by atoms with Crippen LogP contribution in [0.4, 0.5) is 5.69 Å². The van der Waals surface area contributed by atoms with E-state index < -0.39 is 5.97 Å². The number of carbonyl (C=O) groups is 2. The van der Waals surface area contributed by atoms with Gasteiger partial charge in [0, 0.05) is 12.7 Å². The van der Waals surface area contributed by atoms with Crippen LogP contribution in [0.2, 0.25) is 0 Å². The molecule has 9 heteroatoms. The summed E-state index contributed by atoms with van der Waals surface area (Å²) >= 11 is 1.22. The van der Waals surface area contributed by atoms with Crippen LogP contribution in [-0.4, -0.2) is 32.4 Å². The molecule has 0 unspecified atom stereocenters. The number of carboxylic acids is 1. The maximum atomic E-state index is 12.2. The Morgan fingerprint density at radius 2 is 1.97 bits per heavy atom. The first-order chi connectivity index (χ1) is 13.9. The second-order valence-corrected chi connectivity index (χ2v) is 7.21. The third-order valence-electron chi connectivity index (χ3n) is 4.00. The highest BCUT2D eigenvalue weighted by Crippen LogP contribution is 2.19. The summed E-state index contributed by atoms with van der Waals surface area (Å²) in [6.45, 7) is 2.25. The predicted octanol–water partition coefficient (Wildman–Crippen LogP) is 1.80. The topological polar surface area (TPSA) is 109 Å². The molecule has 0 aliphatic heterocycles. The lowest BCUT2D eigenvalue weighted by atomic mass is 10.2. The fourth-order valence-electron chi connectivity index (χ4n) is 2.50.